The first kappa shape index (κ1) is 15.5. The van der Waals surface area contributed by atoms with E-state index in [-0.39, 0.29) is 5.95 Å². The summed E-state index contributed by atoms with van der Waals surface area (Å²) in [4.78, 5) is 13.0. The molecule has 1 aliphatic heterocycles. The highest BCUT2D eigenvalue weighted by atomic mass is 15.1. The van der Waals surface area contributed by atoms with Gasteiger partial charge in [-0.05, 0) is 34.5 Å². The van der Waals surface area contributed by atoms with Crippen molar-refractivity contribution in [1.82, 2.24) is 9.97 Å². The molecule has 2 heterocycles. The van der Waals surface area contributed by atoms with Crippen LogP contribution in [0.3, 0.4) is 0 Å². The summed E-state index contributed by atoms with van der Waals surface area (Å²) in [5.41, 5.74) is 11.2. The largest absolute Gasteiger partial charge is 0.368 e. The lowest BCUT2D eigenvalue weighted by molar-refractivity contribution is 1.11. The minimum Gasteiger partial charge on any atom is -0.368 e. The molecule has 130 valence electrons. The first-order chi connectivity index (χ1) is 13.3. The Kier molecular flexibility index (Phi) is 3.57. The maximum absolute atomic E-state index is 5.67. The second-order valence-electron chi connectivity index (χ2n) is 6.49. The summed E-state index contributed by atoms with van der Waals surface area (Å²) in [7, 11) is 0. The Hall–Kier alpha value is -3.73. The van der Waals surface area contributed by atoms with Crippen LogP contribution in [0.25, 0.3) is 10.8 Å². The van der Waals surface area contributed by atoms with Gasteiger partial charge in [-0.1, -0.05) is 48.5 Å². The Bertz CT molecular complexity index is 1190. The average molecular weight is 351 g/mol. The molecule has 3 aromatic carbocycles. The van der Waals surface area contributed by atoms with Crippen molar-refractivity contribution >= 4 is 33.9 Å². The smallest absolute Gasteiger partial charge is 0.221 e. The van der Waals surface area contributed by atoms with Crippen LogP contribution in [0.2, 0.25) is 0 Å². The summed E-state index contributed by atoms with van der Waals surface area (Å²) in [6.45, 7) is 0.703. The molecule has 0 aliphatic carbocycles. The van der Waals surface area contributed by atoms with E-state index >= 15 is 0 Å². The molecular weight excluding hydrogens is 334 g/mol. The molecule has 5 rings (SSSR count). The van der Waals surface area contributed by atoms with Gasteiger partial charge in [0.2, 0.25) is 5.95 Å². The molecule has 5 nitrogen and oxygen atoms in total. The fraction of sp³-hybridized carbons (Fsp3) is 0.0455. The second kappa shape index (κ2) is 6.21. The van der Waals surface area contributed by atoms with E-state index in [0.29, 0.717) is 12.4 Å². The maximum Gasteiger partial charge on any atom is 0.221 e. The summed E-state index contributed by atoms with van der Waals surface area (Å²) in [6.07, 6.45) is 1.64. The van der Waals surface area contributed by atoms with Crippen molar-refractivity contribution in [3.8, 4) is 0 Å². The van der Waals surface area contributed by atoms with Crippen LogP contribution in [0.5, 0.6) is 0 Å². The lowest BCUT2D eigenvalue weighted by Gasteiger charge is -2.11. The Balaban J connectivity index is 1.56. The zero-order valence-corrected chi connectivity index (χ0v) is 14.6. The highest BCUT2D eigenvalue weighted by molar-refractivity contribution is 6.21. The maximum atomic E-state index is 5.67. The number of nitrogen functional groups attached to an aromatic ring is 1. The molecule has 0 saturated heterocycles. The molecule has 0 atom stereocenters. The van der Waals surface area contributed by atoms with E-state index in [0.717, 1.165) is 22.5 Å². The summed E-state index contributed by atoms with van der Waals surface area (Å²) < 4.78 is 0. The fourth-order valence-electron chi connectivity index (χ4n) is 3.52. The zero-order valence-electron chi connectivity index (χ0n) is 14.6. The van der Waals surface area contributed by atoms with Crippen molar-refractivity contribution in [2.45, 2.75) is 6.54 Å². The first-order valence-corrected chi connectivity index (χ1v) is 8.79. The quantitative estimate of drug-likeness (QED) is 0.577. The van der Waals surface area contributed by atoms with Gasteiger partial charge in [-0.15, -0.1) is 0 Å². The van der Waals surface area contributed by atoms with Crippen LogP contribution in [-0.2, 0) is 6.54 Å². The van der Waals surface area contributed by atoms with Gasteiger partial charge in [0.05, 0.1) is 12.3 Å². The summed E-state index contributed by atoms with van der Waals surface area (Å²) in [5.74, 6) is 0.920. The Morgan fingerprint density at radius 3 is 2.70 bits per heavy atom. The van der Waals surface area contributed by atoms with Crippen molar-refractivity contribution in [1.29, 1.82) is 0 Å². The number of benzene rings is 3. The number of anilines is 3. The van der Waals surface area contributed by atoms with Crippen molar-refractivity contribution in [3.63, 3.8) is 0 Å². The number of nitrogens with two attached hydrogens (primary N) is 1. The van der Waals surface area contributed by atoms with E-state index in [1.165, 1.54) is 16.3 Å². The fourth-order valence-corrected chi connectivity index (χ4v) is 3.52. The van der Waals surface area contributed by atoms with Gasteiger partial charge in [-0.3, -0.25) is 4.99 Å². The third-order valence-corrected chi connectivity index (χ3v) is 4.76. The first-order valence-electron chi connectivity index (χ1n) is 8.79. The van der Waals surface area contributed by atoms with E-state index in [1.54, 1.807) is 12.3 Å². The molecule has 0 fully saturated rings. The number of nitrogens with zero attached hydrogens (tertiary/aromatic N) is 3. The Morgan fingerprint density at radius 1 is 0.889 bits per heavy atom. The van der Waals surface area contributed by atoms with Crippen molar-refractivity contribution in [2.75, 3.05) is 11.1 Å². The standard InChI is InChI=1S/C22H17N5/c23-22-24-11-10-20(27-22)26-16-9-8-15-13-25-21(19(15)12-16)18-7-3-5-14-4-1-2-6-17(14)18/h1-12H,13H2,(H3,23,24,26,27). The highest BCUT2D eigenvalue weighted by Gasteiger charge is 2.19. The van der Waals surface area contributed by atoms with Crippen LogP contribution in [0, 0.1) is 0 Å². The topological polar surface area (TPSA) is 76.2 Å². The lowest BCUT2D eigenvalue weighted by atomic mass is 9.95. The molecule has 27 heavy (non-hydrogen) atoms. The van der Waals surface area contributed by atoms with Gasteiger partial charge in [0.15, 0.2) is 0 Å². The van der Waals surface area contributed by atoms with E-state index in [1.807, 2.05) is 6.07 Å². The van der Waals surface area contributed by atoms with E-state index in [2.05, 4.69) is 69.9 Å². The van der Waals surface area contributed by atoms with Crippen LogP contribution in [-0.4, -0.2) is 15.7 Å². The average Bonchev–Trinajstić information content (AvgIpc) is 3.11. The van der Waals surface area contributed by atoms with Crippen molar-refractivity contribution < 1.29 is 0 Å². The van der Waals surface area contributed by atoms with Gasteiger partial charge in [0, 0.05) is 23.0 Å². The molecule has 1 aromatic heterocycles. The lowest BCUT2D eigenvalue weighted by Crippen LogP contribution is -2.04. The van der Waals surface area contributed by atoms with Crippen LogP contribution >= 0.6 is 0 Å². The van der Waals surface area contributed by atoms with Crippen molar-refractivity contribution in [2.24, 2.45) is 4.99 Å². The minimum absolute atomic E-state index is 0.249. The van der Waals surface area contributed by atoms with E-state index in [9.17, 15) is 0 Å². The van der Waals surface area contributed by atoms with E-state index < -0.39 is 0 Å². The summed E-state index contributed by atoms with van der Waals surface area (Å²) in [5, 5.41) is 5.73. The Morgan fingerprint density at radius 2 is 1.78 bits per heavy atom. The van der Waals surface area contributed by atoms with Crippen molar-refractivity contribution in [3.05, 3.63) is 89.6 Å². The summed E-state index contributed by atoms with van der Waals surface area (Å²) in [6, 6.07) is 22.8. The molecule has 0 saturated carbocycles. The van der Waals surface area contributed by atoms with E-state index in [4.69, 9.17) is 10.7 Å². The van der Waals surface area contributed by atoms with Gasteiger partial charge in [0.25, 0.3) is 0 Å². The van der Waals surface area contributed by atoms with Gasteiger partial charge in [0.1, 0.15) is 5.82 Å². The molecule has 0 radical (unpaired) electrons. The van der Waals surface area contributed by atoms with Crippen LogP contribution in [0.4, 0.5) is 17.5 Å². The predicted octanol–water partition coefficient (Wildman–Crippen LogP) is 4.31. The molecule has 4 aromatic rings. The zero-order chi connectivity index (χ0) is 18.2. The third-order valence-electron chi connectivity index (χ3n) is 4.76. The predicted molar refractivity (Wildman–Crippen MR) is 109 cm³/mol. The normalized spacial score (nSPS) is 12.7. The SMILES string of the molecule is Nc1nccc(Nc2ccc3c(c2)C(c2cccc4ccccc24)=NC3)n1. The molecule has 1 aliphatic rings. The third kappa shape index (κ3) is 2.79. The second-order valence-corrected chi connectivity index (χ2v) is 6.49. The molecule has 5 heteroatoms. The Labute approximate surface area is 156 Å². The number of aromatic nitrogens is 2. The number of aliphatic imine (C=N–C) groups is 1. The minimum atomic E-state index is 0.249. The van der Waals surface area contributed by atoms with Crippen LogP contribution in [0.15, 0.2) is 77.9 Å². The molecule has 0 bridgehead atoms. The number of rotatable bonds is 3. The molecule has 3 N–H and O–H groups in total. The van der Waals surface area contributed by atoms with Crippen LogP contribution < -0.4 is 11.1 Å². The molecular formula is C22H17N5. The number of hydrogen-bond acceptors (Lipinski definition) is 5. The van der Waals surface area contributed by atoms with Gasteiger partial charge < -0.3 is 11.1 Å². The molecule has 0 unspecified atom stereocenters. The molecule has 0 spiro atoms. The van der Waals surface area contributed by atoms with Gasteiger partial charge >= 0.3 is 0 Å². The summed E-state index contributed by atoms with van der Waals surface area (Å²) >= 11 is 0. The van der Waals surface area contributed by atoms with Gasteiger partial charge in [-0.25, -0.2) is 4.98 Å². The van der Waals surface area contributed by atoms with Crippen LogP contribution in [0.1, 0.15) is 16.7 Å². The molecule has 0 amide bonds. The highest BCUT2D eigenvalue weighted by Crippen LogP contribution is 2.30. The monoisotopic (exact) mass is 351 g/mol. The number of nitrogens with one attached hydrogen (secondary N) is 1. The number of fused-ring (bicyclic) bond motifs is 2. The van der Waals surface area contributed by atoms with Gasteiger partial charge in [-0.2, -0.15) is 4.98 Å². The number of hydrogen-bond donors (Lipinski definition) is 2.